The third-order valence-corrected chi connectivity index (χ3v) is 3.37. The minimum absolute atomic E-state index is 0.0773. The SMILES string of the molecule is CCC(C)NC(=O)c1cc(C)nc(Nc2ccccc2C#N)n1. The molecule has 0 aliphatic heterocycles. The second-order valence-corrected chi connectivity index (χ2v) is 5.28. The summed E-state index contributed by atoms with van der Waals surface area (Å²) in [5.41, 5.74) is 2.07. The van der Waals surface area contributed by atoms with Crippen LogP contribution in [0.2, 0.25) is 0 Å². The first kappa shape index (κ1) is 16.4. The molecule has 1 amide bonds. The lowest BCUT2D eigenvalue weighted by Crippen LogP contribution is -2.32. The Kier molecular flexibility index (Phi) is 5.26. The number of anilines is 2. The summed E-state index contributed by atoms with van der Waals surface area (Å²) in [5.74, 6) is 0.0588. The minimum atomic E-state index is -0.235. The maximum atomic E-state index is 12.2. The number of carbonyl (C=O) groups excluding carboxylic acids is 1. The molecule has 6 heteroatoms. The van der Waals surface area contributed by atoms with E-state index in [-0.39, 0.29) is 11.9 Å². The summed E-state index contributed by atoms with van der Waals surface area (Å²) in [6.45, 7) is 5.74. The lowest BCUT2D eigenvalue weighted by molar-refractivity contribution is 0.0934. The van der Waals surface area contributed by atoms with Gasteiger partial charge in [0.2, 0.25) is 5.95 Å². The maximum Gasteiger partial charge on any atom is 0.270 e. The summed E-state index contributed by atoms with van der Waals surface area (Å²) in [4.78, 5) is 20.7. The van der Waals surface area contributed by atoms with Gasteiger partial charge in [0.1, 0.15) is 11.8 Å². The zero-order valence-electron chi connectivity index (χ0n) is 13.4. The Labute approximate surface area is 135 Å². The van der Waals surface area contributed by atoms with E-state index in [9.17, 15) is 4.79 Å². The van der Waals surface area contributed by atoms with E-state index in [4.69, 9.17) is 5.26 Å². The highest BCUT2D eigenvalue weighted by molar-refractivity contribution is 5.92. The zero-order valence-corrected chi connectivity index (χ0v) is 13.4. The molecule has 6 nitrogen and oxygen atoms in total. The van der Waals surface area contributed by atoms with E-state index in [1.54, 1.807) is 31.2 Å². The number of benzene rings is 1. The fraction of sp³-hybridized carbons (Fsp3) is 0.294. The summed E-state index contributed by atoms with van der Waals surface area (Å²) >= 11 is 0. The van der Waals surface area contributed by atoms with Crippen molar-refractivity contribution in [1.29, 1.82) is 5.26 Å². The molecule has 0 aliphatic carbocycles. The number of hydrogen-bond donors (Lipinski definition) is 2. The van der Waals surface area contributed by atoms with Gasteiger partial charge in [0.25, 0.3) is 5.91 Å². The number of nitrogens with one attached hydrogen (secondary N) is 2. The van der Waals surface area contributed by atoms with Gasteiger partial charge < -0.3 is 10.6 Å². The summed E-state index contributed by atoms with van der Waals surface area (Å²) in [6, 6.07) is 10.9. The van der Waals surface area contributed by atoms with E-state index in [0.29, 0.717) is 28.6 Å². The van der Waals surface area contributed by atoms with Crippen molar-refractivity contribution in [1.82, 2.24) is 15.3 Å². The van der Waals surface area contributed by atoms with E-state index in [2.05, 4.69) is 26.7 Å². The molecule has 0 bridgehead atoms. The van der Waals surface area contributed by atoms with Crippen molar-refractivity contribution in [3.8, 4) is 6.07 Å². The molecule has 0 fully saturated rings. The third kappa shape index (κ3) is 4.27. The van der Waals surface area contributed by atoms with Crippen molar-refractivity contribution in [2.75, 3.05) is 5.32 Å². The highest BCUT2D eigenvalue weighted by Gasteiger charge is 2.13. The molecule has 1 heterocycles. The van der Waals surface area contributed by atoms with Crippen molar-refractivity contribution in [3.63, 3.8) is 0 Å². The molecule has 1 unspecified atom stereocenters. The number of carbonyl (C=O) groups is 1. The number of aryl methyl sites for hydroxylation is 1. The minimum Gasteiger partial charge on any atom is -0.348 e. The average Bonchev–Trinajstić information content (AvgIpc) is 2.54. The van der Waals surface area contributed by atoms with Gasteiger partial charge in [-0.15, -0.1) is 0 Å². The van der Waals surface area contributed by atoms with Crippen LogP contribution in [0.4, 0.5) is 11.6 Å². The fourth-order valence-electron chi connectivity index (χ4n) is 1.95. The molecule has 2 aromatic rings. The molecule has 0 aliphatic rings. The number of para-hydroxylation sites is 1. The molecule has 1 aromatic heterocycles. The predicted molar refractivity (Wildman–Crippen MR) is 88.4 cm³/mol. The van der Waals surface area contributed by atoms with E-state index < -0.39 is 0 Å². The van der Waals surface area contributed by atoms with Gasteiger partial charge >= 0.3 is 0 Å². The summed E-state index contributed by atoms with van der Waals surface area (Å²) in [5, 5.41) is 15.0. The Morgan fingerprint density at radius 1 is 1.35 bits per heavy atom. The van der Waals surface area contributed by atoms with Crippen LogP contribution < -0.4 is 10.6 Å². The second-order valence-electron chi connectivity index (χ2n) is 5.28. The van der Waals surface area contributed by atoms with Crippen LogP contribution >= 0.6 is 0 Å². The van der Waals surface area contributed by atoms with Gasteiger partial charge in [0.15, 0.2) is 0 Å². The fourth-order valence-corrected chi connectivity index (χ4v) is 1.95. The molecular weight excluding hydrogens is 290 g/mol. The van der Waals surface area contributed by atoms with E-state index in [1.807, 2.05) is 19.9 Å². The Morgan fingerprint density at radius 3 is 2.78 bits per heavy atom. The Bertz CT molecular complexity index is 751. The molecule has 2 rings (SSSR count). The first-order valence-electron chi connectivity index (χ1n) is 7.46. The number of nitriles is 1. The first-order chi connectivity index (χ1) is 11.0. The van der Waals surface area contributed by atoms with Crippen LogP contribution in [0.25, 0.3) is 0 Å². The highest BCUT2D eigenvalue weighted by Crippen LogP contribution is 2.18. The molecule has 1 atom stereocenters. The van der Waals surface area contributed by atoms with Crippen LogP contribution in [0.3, 0.4) is 0 Å². The zero-order chi connectivity index (χ0) is 16.8. The standard InChI is InChI=1S/C17H19N5O/c1-4-11(2)19-16(23)15-9-12(3)20-17(22-15)21-14-8-6-5-7-13(14)10-18/h5-9,11H,4H2,1-3H3,(H,19,23)(H,20,21,22). The topological polar surface area (TPSA) is 90.7 Å². The molecule has 23 heavy (non-hydrogen) atoms. The molecular formula is C17H19N5O. The van der Waals surface area contributed by atoms with E-state index in [0.717, 1.165) is 6.42 Å². The number of nitrogens with zero attached hydrogens (tertiary/aromatic N) is 3. The van der Waals surface area contributed by atoms with Gasteiger partial charge in [-0.1, -0.05) is 19.1 Å². The van der Waals surface area contributed by atoms with Crippen LogP contribution in [0.5, 0.6) is 0 Å². The first-order valence-corrected chi connectivity index (χ1v) is 7.46. The van der Waals surface area contributed by atoms with Crippen molar-refractivity contribution in [2.24, 2.45) is 0 Å². The molecule has 0 saturated carbocycles. The molecule has 0 saturated heterocycles. The monoisotopic (exact) mass is 309 g/mol. The summed E-state index contributed by atoms with van der Waals surface area (Å²) in [6.07, 6.45) is 0.844. The van der Waals surface area contributed by atoms with Crippen LogP contribution in [0, 0.1) is 18.3 Å². The van der Waals surface area contributed by atoms with Crippen molar-refractivity contribution in [2.45, 2.75) is 33.2 Å². The second kappa shape index (κ2) is 7.36. The molecule has 0 radical (unpaired) electrons. The van der Waals surface area contributed by atoms with Gasteiger partial charge in [-0.05, 0) is 38.5 Å². The molecule has 0 spiro atoms. The Morgan fingerprint density at radius 2 is 2.09 bits per heavy atom. The molecule has 118 valence electrons. The van der Waals surface area contributed by atoms with Crippen LogP contribution in [-0.4, -0.2) is 21.9 Å². The van der Waals surface area contributed by atoms with Crippen LogP contribution in [0.15, 0.2) is 30.3 Å². The molecule has 1 aromatic carbocycles. The van der Waals surface area contributed by atoms with Crippen molar-refractivity contribution >= 4 is 17.5 Å². The summed E-state index contributed by atoms with van der Waals surface area (Å²) in [7, 11) is 0. The van der Waals surface area contributed by atoms with Crippen molar-refractivity contribution < 1.29 is 4.79 Å². The van der Waals surface area contributed by atoms with E-state index >= 15 is 0 Å². The normalized spacial score (nSPS) is 11.4. The highest BCUT2D eigenvalue weighted by atomic mass is 16.1. The number of amides is 1. The third-order valence-electron chi connectivity index (χ3n) is 3.37. The van der Waals surface area contributed by atoms with Gasteiger partial charge in [0, 0.05) is 11.7 Å². The average molecular weight is 309 g/mol. The maximum absolute atomic E-state index is 12.2. The van der Waals surface area contributed by atoms with Gasteiger partial charge in [-0.25, -0.2) is 9.97 Å². The number of aromatic nitrogens is 2. The van der Waals surface area contributed by atoms with E-state index in [1.165, 1.54) is 0 Å². The Balaban J connectivity index is 2.27. The van der Waals surface area contributed by atoms with Crippen LogP contribution in [-0.2, 0) is 0 Å². The predicted octanol–water partition coefficient (Wildman–Crippen LogP) is 2.93. The largest absolute Gasteiger partial charge is 0.348 e. The summed E-state index contributed by atoms with van der Waals surface area (Å²) < 4.78 is 0. The van der Waals surface area contributed by atoms with Gasteiger partial charge in [-0.3, -0.25) is 4.79 Å². The van der Waals surface area contributed by atoms with Crippen LogP contribution in [0.1, 0.15) is 42.0 Å². The lowest BCUT2D eigenvalue weighted by atomic mass is 10.2. The van der Waals surface area contributed by atoms with Gasteiger partial charge in [0.05, 0.1) is 11.3 Å². The number of hydrogen-bond acceptors (Lipinski definition) is 5. The van der Waals surface area contributed by atoms with Crippen molar-refractivity contribution in [3.05, 3.63) is 47.3 Å². The quantitative estimate of drug-likeness (QED) is 0.886. The molecule has 2 N–H and O–H groups in total. The number of rotatable bonds is 5. The Hall–Kier alpha value is -2.94. The van der Waals surface area contributed by atoms with Gasteiger partial charge in [-0.2, -0.15) is 5.26 Å². The lowest BCUT2D eigenvalue weighted by Gasteiger charge is -2.12. The smallest absolute Gasteiger partial charge is 0.270 e.